The van der Waals surface area contributed by atoms with Gasteiger partial charge >= 0.3 is 11.6 Å². The number of ether oxygens (including phenoxy) is 1. The van der Waals surface area contributed by atoms with Crippen molar-refractivity contribution in [2.75, 3.05) is 13.7 Å². The van der Waals surface area contributed by atoms with E-state index in [0.29, 0.717) is 17.5 Å². The van der Waals surface area contributed by atoms with E-state index in [1.54, 1.807) is 31.2 Å². The Bertz CT molecular complexity index is 873. The Hall–Kier alpha value is -3.16. The van der Waals surface area contributed by atoms with Crippen LogP contribution in [0.15, 0.2) is 39.5 Å². The first-order chi connectivity index (χ1) is 12.5. The number of rotatable bonds is 7. The van der Waals surface area contributed by atoms with E-state index in [1.807, 2.05) is 0 Å². The Morgan fingerprint density at radius 3 is 2.65 bits per heavy atom. The maximum absolute atomic E-state index is 12.4. The number of fused-ring (bicyclic) bond motifs is 1. The van der Waals surface area contributed by atoms with Gasteiger partial charge in [-0.2, -0.15) is 0 Å². The molecule has 1 atom stereocenters. The fourth-order valence-electron chi connectivity index (χ4n) is 2.41. The van der Waals surface area contributed by atoms with Crippen molar-refractivity contribution in [3.05, 3.63) is 46.3 Å². The molecule has 0 saturated carbocycles. The normalized spacial score (nSPS) is 11.6. The zero-order valence-corrected chi connectivity index (χ0v) is 14.5. The summed E-state index contributed by atoms with van der Waals surface area (Å²) >= 11 is 0. The SMILES string of the molecule is CCNC(=O)CCC(NC(=O)c1cc2ccccc2oc1=O)C(=O)OC. The van der Waals surface area contributed by atoms with E-state index in [9.17, 15) is 19.2 Å². The van der Waals surface area contributed by atoms with Crippen molar-refractivity contribution < 1.29 is 23.5 Å². The molecule has 1 heterocycles. The molecule has 0 radical (unpaired) electrons. The summed E-state index contributed by atoms with van der Waals surface area (Å²) in [6.45, 7) is 2.24. The summed E-state index contributed by atoms with van der Waals surface area (Å²) in [6.07, 6.45) is 0.0728. The van der Waals surface area contributed by atoms with Crippen molar-refractivity contribution in [2.45, 2.75) is 25.8 Å². The van der Waals surface area contributed by atoms with Gasteiger partial charge in [-0.1, -0.05) is 18.2 Å². The average Bonchev–Trinajstić information content (AvgIpc) is 2.63. The summed E-state index contributed by atoms with van der Waals surface area (Å²) in [5.74, 6) is -1.72. The van der Waals surface area contributed by atoms with Crippen LogP contribution < -0.4 is 16.3 Å². The van der Waals surface area contributed by atoms with Crippen LogP contribution in [0.4, 0.5) is 0 Å². The second kappa shape index (κ2) is 8.80. The van der Waals surface area contributed by atoms with Gasteiger partial charge in [-0.25, -0.2) is 9.59 Å². The minimum Gasteiger partial charge on any atom is -0.467 e. The Morgan fingerprint density at radius 2 is 1.96 bits per heavy atom. The molecule has 8 heteroatoms. The molecule has 0 bridgehead atoms. The number of hydrogen-bond donors (Lipinski definition) is 2. The molecule has 0 saturated heterocycles. The van der Waals surface area contributed by atoms with Gasteiger partial charge in [0.2, 0.25) is 5.91 Å². The lowest BCUT2D eigenvalue weighted by molar-refractivity contribution is -0.143. The predicted octanol–water partition coefficient (Wildman–Crippen LogP) is 0.981. The molecule has 2 amide bonds. The van der Waals surface area contributed by atoms with Crippen molar-refractivity contribution in [1.29, 1.82) is 0 Å². The number of esters is 1. The first-order valence-electron chi connectivity index (χ1n) is 8.14. The minimum atomic E-state index is -1.05. The Labute approximate surface area is 149 Å². The Kier molecular flexibility index (Phi) is 6.48. The topological polar surface area (TPSA) is 115 Å². The number of carbonyl (C=O) groups is 3. The van der Waals surface area contributed by atoms with Gasteiger partial charge in [0.05, 0.1) is 7.11 Å². The quantitative estimate of drug-likeness (QED) is 0.562. The minimum absolute atomic E-state index is 0.0280. The molecule has 0 aliphatic heterocycles. The van der Waals surface area contributed by atoms with Gasteiger partial charge in [0, 0.05) is 18.4 Å². The van der Waals surface area contributed by atoms with Crippen molar-refractivity contribution in [3.63, 3.8) is 0 Å². The van der Waals surface area contributed by atoms with Crippen molar-refractivity contribution in [1.82, 2.24) is 10.6 Å². The number of amides is 2. The lowest BCUT2D eigenvalue weighted by Gasteiger charge is -2.16. The average molecular weight is 360 g/mol. The summed E-state index contributed by atoms with van der Waals surface area (Å²) < 4.78 is 9.77. The zero-order chi connectivity index (χ0) is 19.1. The second-order valence-electron chi connectivity index (χ2n) is 5.53. The van der Waals surface area contributed by atoms with Crippen molar-refractivity contribution in [2.24, 2.45) is 0 Å². The second-order valence-corrected chi connectivity index (χ2v) is 5.53. The smallest absolute Gasteiger partial charge is 0.349 e. The van der Waals surface area contributed by atoms with Gasteiger partial charge in [0.1, 0.15) is 17.2 Å². The van der Waals surface area contributed by atoms with Crippen molar-refractivity contribution in [3.8, 4) is 0 Å². The molecule has 8 nitrogen and oxygen atoms in total. The molecular weight excluding hydrogens is 340 g/mol. The van der Waals surface area contributed by atoms with Crippen LogP contribution in [0, 0.1) is 0 Å². The number of methoxy groups -OCH3 is 1. The van der Waals surface area contributed by atoms with Gasteiger partial charge in [0.25, 0.3) is 5.91 Å². The van der Waals surface area contributed by atoms with Crippen LogP contribution in [0.5, 0.6) is 0 Å². The molecule has 138 valence electrons. The molecule has 2 aromatic rings. The maximum Gasteiger partial charge on any atom is 0.349 e. The van der Waals surface area contributed by atoms with Crippen LogP contribution in [-0.4, -0.2) is 37.5 Å². The molecule has 1 unspecified atom stereocenters. The number of nitrogens with one attached hydrogen (secondary N) is 2. The third-order valence-electron chi connectivity index (χ3n) is 3.71. The zero-order valence-electron chi connectivity index (χ0n) is 14.5. The summed E-state index contributed by atoms with van der Waals surface area (Å²) in [6, 6.07) is 7.10. The lowest BCUT2D eigenvalue weighted by Crippen LogP contribution is -2.43. The first-order valence-corrected chi connectivity index (χ1v) is 8.14. The molecule has 0 aliphatic carbocycles. The molecule has 2 rings (SSSR count). The predicted molar refractivity (Wildman–Crippen MR) is 93.7 cm³/mol. The van der Waals surface area contributed by atoms with E-state index in [1.165, 1.54) is 13.2 Å². The molecule has 0 aliphatic rings. The standard InChI is InChI=1S/C18H20N2O6/c1-3-19-15(21)9-8-13(18(24)25-2)20-16(22)12-10-11-6-4-5-7-14(11)26-17(12)23/h4-7,10,13H,3,8-9H2,1-2H3,(H,19,21)(H,20,22). The highest BCUT2D eigenvalue weighted by molar-refractivity contribution is 5.98. The van der Waals surface area contributed by atoms with Crippen molar-refractivity contribution >= 4 is 28.8 Å². The van der Waals surface area contributed by atoms with E-state index in [2.05, 4.69) is 15.4 Å². The highest BCUT2D eigenvalue weighted by Gasteiger charge is 2.24. The van der Waals surface area contributed by atoms with Gasteiger partial charge in [0.15, 0.2) is 0 Å². The molecule has 0 spiro atoms. The molecule has 1 aromatic carbocycles. The Morgan fingerprint density at radius 1 is 1.23 bits per heavy atom. The third-order valence-corrected chi connectivity index (χ3v) is 3.71. The van der Waals surface area contributed by atoms with Gasteiger partial charge in [-0.3, -0.25) is 9.59 Å². The fourth-order valence-corrected chi connectivity index (χ4v) is 2.41. The van der Waals surface area contributed by atoms with Gasteiger partial charge in [-0.05, 0) is 25.5 Å². The summed E-state index contributed by atoms with van der Waals surface area (Å²) in [4.78, 5) is 47.9. The number of carbonyl (C=O) groups excluding carboxylic acids is 3. The number of hydrogen-bond acceptors (Lipinski definition) is 6. The van der Waals surface area contributed by atoms with E-state index < -0.39 is 23.5 Å². The summed E-state index contributed by atoms with van der Waals surface area (Å²) in [5.41, 5.74) is -0.682. The van der Waals surface area contributed by atoms with Gasteiger partial charge in [-0.15, -0.1) is 0 Å². The van der Waals surface area contributed by atoms with E-state index in [0.717, 1.165) is 0 Å². The number of para-hydroxylation sites is 1. The molecule has 2 N–H and O–H groups in total. The van der Waals surface area contributed by atoms with Crippen LogP contribution in [0.2, 0.25) is 0 Å². The third kappa shape index (κ3) is 4.69. The molecule has 26 heavy (non-hydrogen) atoms. The van der Waals surface area contributed by atoms with Crippen LogP contribution >= 0.6 is 0 Å². The van der Waals surface area contributed by atoms with E-state index in [4.69, 9.17) is 4.42 Å². The van der Waals surface area contributed by atoms with Crippen LogP contribution in [0.3, 0.4) is 0 Å². The summed E-state index contributed by atoms with van der Waals surface area (Å²) in [5, 5.41) is 5.61. The summed E-state index contributed by atoms with van der Waals surface area (Å²) in [7, 11) is 1.18. The molecule has 0 fully saturated rings. The Balaban J connectivity index is 2.18. The molecule has 1 aromatic heterocycles. The monoisotopic (exact) mass is 360 g/mol. The largest absolute Gasteiger partial charge is 0.467 e. The highest BCUT2D eigenvalue weighted by Crippen LogP contribution is 2.13. The van der Waals surface area contributed by atoms with Crippen LogP contribution in [0.1, 0.15) is 30.1 Å². The van der Waals surface area contributed by atoms with Crippen LogP contribution in [-0.2, 0) is 14.3 Å². The molecular formula is C18H20N2O6. The highest BCUT2D eigenvalue weighted by atomic mass is 16.5. The van der Waals surface area contributed by atoms with Crippen LogP contribution in [0.25, 0.3) is 11.0 Å². The first kappa shape index (κ1) is 19.2. The number of benzene rings is 1. The van der Waals surface area contributed by atoms with Gasteiger partial charge < -0.3 is 19.8 Å². The lowest BCUT2D eigenvalue weighted by atomic mass is 10.1. The van der Waals surface area contributed by atoms with E-state index >= 15 is 0 Å². The van der Waals surface area contributed by atoms with E-state index in [-0.39, 0.29) is 24.3 Å². The maximum atomic E-state index is 12.4. The fraction of sp³-hybridized carbons (Fsp3) is 0.333.